The lowest BCUT2D eigenvalue weighted by Crippen LogP contribution is -2.33. The topological polar surface area (TPSA) is 90.5 Å². The van der Waals surface area contributed by atoms with Crippen LogP contribution < -0.4 is 5.43 Å². The number of nitrogens with one attached hydrogen (secondary N) is 1. The maximum atomic E-state index is 11.9. The Balaban J connectivity index is 2.15. The van der Waals surface area contributed by atoms with Gasteiger partial charge in [0, 0.05) is 31.5 Å². The molecule has 2 N–H and O–H groups in total. The van der Waals surface area contributed by atoms with Crippen molar-refractivity contribution in [3.63, 3.8) is 0 Å². The summed E-state index contributed by atoms with van der Waals surface area (Å²) in [6.07, 6.45) is 3.23. The number of hydrogen-bond donors (Lipinski definition) is 2. The van der Waals surface area contributed by atoms with Crippen molar-refractivity contribution in [2.24, 2.45) is 5.92 Å². The summed E-state index contributed by atoms with van der Waals surface area (Å²) in [5, 5.41) is 8.83. The quantitative estimate of drug-likeness (QED) is 0.751. The van der Waals surface area contributed by atoms with Gasteiger partial charge in [-0.3, -0.25) is 14.4 Å². The smallest absolute Gasteiger partial charge is 0.308 e. The van der Waals surface area contributed by atoms with Gasteiger partial charge in [0.2, 0.25) is 0 Å². The molecule has 1 aromatic rings. The lowest BCUT2D eigenvalue weighted by atomic mass is 10.1. The van der Waals surface area contributed by atoms with Gasteiger partial charge in [0.25, 0.3) is 5.91 Å². The molecule has 0 spiro atoms. The average molecular weight is 236 g/mol. The third-order valence-corrected chi connectivity index (χ3v) is 2.88. The van der Waals surface area contributed by atoms with Gasteiger partial charge in [0.1, 0.15) is 5.56 Å². The number of nitrogens with zero attached hydrogens (tertiary/aromatic N) is 1. The minimum atomic E-state index is -0.901. The molecule has 1 unspecified atom stereocenters. The second-order valence-corrected chi connectivity index (χ2v) is 4.00. The van der Waals surface area contributed by atoms with E-state index in [2.05, 4.69) is 4.98 Å². The molecule has 2 heterocycles. The van der Waals surface area contributed by atoms with Crippen LogP contribution in [0.3, 0.4) is 0 Å². The average Bonchev–Trinajstić information content (AvgIpc) is 2.78. The Morgan fingerprint density at radius 1 is 1.47 bits per heavy atom. The number of H-pyrrole nitrogens is 1. The molecule has 1 aliphatic rings. The summed E-state index contributed by atoms with van der Waals surface area (Å²) < 4.78 is 0. The van der Waals surface area contributed by atoms with Gasteiger partial charge in [-0.2, -0.15) is 0 Å². The van der Waals surface area contributed by atoms with Crippen molar-refractivity contribution in [3.05, 3.63) is 34.2 Å². The van der Waals surface area contributed by atoms with Crippen molar-refractivity contribution in [2.75, 3.05) is 13.1 Å². The minimum absolute atomic E-state index is 0.0542. The van der Waals surface area contributed by atoms with Crippen LogP contribution in [0, 0.1) is 5.92 Å². The molecule has 1 fully saturated rings. The van der Waals surface area contributed by atoms with Gasteiger partial charge in [0.05, 0.1) is 5.92 Å². The van der Waals surface area contributed by atoms with Crippen LogP contribution in [0.25, 0.3) is 0 Å². The fourth-order valence-corrected chi connectivity index (χ4v) is 1.90. The Labute approximate surface area is 96.9 Å². The van der Waals surface area contributed by atoms with Crippen molar-refractivity contribution >= 4 is 11.9 Å². The lowest BCUT2D eigenvalue weighted by Gasteiger charge is -2.14. The van der Waals surface area contributed by atoms with Crippen LogP contribution in [-0.2, 0) is 4.79 Å². The number of pyridine rings is 1. The highest BCUT2D eigenvalue weighted by Gasteiger charge is 2.31. The van der Waals surface area contributed by atoms with E-state index in [0.717, 1.165) is 0 Å². The van der Waals surface area contributed by atoms with Crippen molar-refractivity contribution in [1.29, 1.82) is 0 Å². The van der Waals surface area contributed by atoms with Crippen LogP contribution in [0.15, 0.2) is 23.3 Å². The zero-order valence-electron chi connectivity index (χ0n) is 9.05. The molecule has 1 amide bonds. The van der Waals surface area contributed by atoms with Crippen molar-refractivity contribution in [2.45, 2.75) is 6.42 Å². The lowest BCUT2D eigenvalue weighted by molar-refractivity contribution is -0.141. The number of carboxylic acid groups (broad SMARTS) is 1. The molecule has 1 atom stereocenters. The number of aliphatic carboxylic acids is 1. The number of rotatable bonds is 2. The Morgan fingerprint density at radius 3 is 2.82 bits per heavy atom. The Hall–Kier alpha value is -2.11. The highest BCUT2D eigenvalue weighted by Crippen LogP contribution is 2.17. The standard InChI is InChI=1S/C11H12N2O4/c14-9-1-3-12-5-8(9)10(15)13-4-2-7(6-13)11(16)17/h1,3,5,7H,2,4,6H2,(H,12,14)(H,16,17). The summed E-state index contributed by atoms with van der Waals surface area (Å²) in [7, 11) is 0. The number of carbonyl (C=O) groups is 2. The molecular weight excluding hydrogens is 224 g/mol. The van der Waals surface area contributed by atoms with Gasteiger partial charge < -0.3 is 15.0 Å². The molecule has 17 heavy (non-hydrogen) atoms. The molecule has 6 nitrogen and oxygen atoms in total. The predicted molar refractivity (Wildman–Crippen MR) is 58.7 cm³/mol. The summed E-state index contributed by atoms with van der Waals surface area (Å²) in [5.41, 5.74) is -0.300. The van der Waals surface area contributed by atoms with Crippen LogP contribution in [0.1, 0.15) is 16.8 Å². The van der Waals surface area contributed by atoms with Gasteiger partial charge in [-0.05, 0) is 6.42 Å². The second kappa shape index (κ2) is 4.40. The largest absolute Gasteiger partial charge is 0.481 e. The Kier molecular flexibility index (Phi) is 2.95. The second-order valence-electron chi connectivity index (χ2n) is 4.00. The number of aromatic amines is 1. The molecule has 1 aromatic heterocycles. The third-order valence-electron chi connectivity index (χ3n) is 2.88. The fraction of sp³-hybridized carbons (Fsp3) is 0.364. The molecule has 2 rings (SSSR count). The molecular formula is C11H12N2O4. The summed E-state index contributed by atoms with van der Waals surface area (Å²) in [6, 6.07) is 1.28. The number of aromatic nitrogens is 1. The van der Waals surface area contributed by atoms with Gasteiger partial charge in [0.15, 0.2) is 5.43 Å². The number of amides is 1. The zero-order valence-corrected chi connectivity index (χ0v) is 9.05. The first-order valence-electron chi connectivity index (χ1n) is 5.29. The highest BCUT2D eigenvalue weighted by molar-refractivity contribution is 5.94. The van der Waals surface area contributed by atoms with Gasteiger partial charge >= 0.3 is 5.97 Å². The minimum Gasteiger partial charge on any atom is -0.481 e. The van der Waals surface area contributed by atoms with E-state index >= 15 is 0 Å². The summed E-state index contributed by atoms with van der Waals surface area (Å²) in [4.78, 5) is 38.2. The van der Waals surface area contributed by atoms with E-state index in [1.165, 1.54) is 23.4 Å². The summed E-state index contributed by atoms with van der Waals surface area (Å²) in [5.74, 6) is -1.83. The molecule has 0 saturated carbocycles. The van der Waals surface area contributed by atoms with E-state index in [1.807, 2.05) is 0 Å². The van der Waals surface area contributed by atoms with Crippen LogP contribution >= 0.6 is 0 Å². The van der Waals surface area contributed by atoms with Crippen molar-refractivity contribution in [1.82, 2.24) is 9.88 Å². The van der Waals surface area contributed by atoms with Gasteiger partial charge in [-0.1, -0.05) is 0 Å². The fourth-order valence-electron chi connectivity index (χ4n) is 1.90. The van der Waals surface area contributed by atoms with Crippen molar-refractivity contribution < 1.29 is 14.7 Å². The number of hydrogen-bond acceptors (Lipinski definition) is 3. The van der Waals surface area contributed by atoms with E-state index in [-0.39, 0.29) is 17.5 Å². The maximum absolute atomic E-state index is 11.9. The molecule has 0 aliphatic carbocycles. The SMILES string of the molecule is O=C(O)C1CCN(C(=O)c2c[nH]ccc2=O)C1. The van der Waals surface area contributed by atoms with Gasteiger partial charge in [-0.15, -0.1) is 0 Å². The van der Waals surface area contributed by atoms with Gasteiger partial charge in [-0.25, -0.2) is 0 Å². The molecule has 0 aromatic carbocycles. The highest BCUT2D eigenvalue weighted by atomic mass is 16.4. The van der Waals surface area contributed by atoms with Crippen LogP contribution in [0.5, 0.6) is 0 Å². The van der Waals surface area contributed by atoms with Crippen molar-refractivity contribution in [3.8, 4) is 0 Å². The van der Waals surface area contributed by atoms with Crippen LogP contribution in [-0.4, -0.2) is 40.0 Å². The Bertz CT molecular complexity index is 508. The Morgan fingerprint density at radius 2 is 2.24 bits per heavy atom. The molecule has 90 valence electrons. The number of carboxylic acids is 1. The first-order valence-corrected chi connectivity index (χ1v) is 5.29. The zero-order chi connectivity index (χ0) is 12.4. The van der Waals surface area contributed by atoms with Crippen LogP contribution in [0.4, 0.5) is 0 Å². The maximum Gasteiger partial charge on any atom is 0.308 e. The monoisotopic (exact) mass is 236 g/mol. The van der Waals surface area contributed by atoms with Crippen LogP contribution in [0.2, 0.25) is 0 Å². The molecule has 1 saturated heterocycles. The van der Waals surface area contributed by atoms with E-state index in [1.54, 1.807) is 0 Å². The molecule has 0 radical (unpaired) electrons. The first-order chi connectivity index (χ1) is 8.09. The van der Waals surface area contributed by atoms with E-state index in [9.17, 15) is 14.4 Å². The van der Waals surface area contributed by atoms with E-state index in [4.69, 9.17) is 5.11 Å². The number of likely N-dealkylation sites (tertiary alicyclic amines) is 1. The van der Waals surface area contributed by atoms with E-state index < -0.39 is 17.8 Å². The van der Waals surface area contributed by atoms with E-state index in [0.29, 0.717) is 13.0 Å². The predicted octanol–water partition coefficient (Wildman–Crippen LogP) is -0.0784. The normalized spacial score (nSPS) is 19.3. The molecule has 0 bridgehead atoms. The number of carbonyl (C=O) groups excluding carboxylic acids is 1. The molecule has 6 heteroatoms. The third kappa shape index (κ3) is 2.20. The summed E-state index contributed by atoms with van der Waals surface area (Å²) in [6.45, 7) is 0.548. The molecule has 1 aliphatic heterocycles. The summed E-state index contributed by atoms with van der Waals surface area (Å²) >= 11 is 0. The first kappa shape index (κ1) is 11.4.